The summed E-state index contributed by atoms with van der Waals surface area (Å²) in [4.78, 5) is 20.3. The average molecular weight is 458 g/mol. The number of rotatable bonds is 6. The van der Waals surface area contributed by atoms with Crippen LogP contribution in [0.5, 0.6) is 5.75 Å². The Morgan fingerprint density at radius 3 is 2.21 bits per heavy atom. The molecule has 4 heterocycles. The van der Waals surface area contributed by atoms with E-state index in [2.05, 4.69) is 40.7 Å². The second kappa shape index (κ2) is 8.86. The molecule has 0 radical (unpaired) electrons. The number of likely N-dealkylation sites (tertiary alicyclic amines) is 1. The zero-order valence-electron chi connectivity index (χ0n) is 19.9. The minimum atomic E-state index is 0.0783. The Morgan fingerprint density at radius 1 is 0.941 bits per heavy atom. The van der Waals surface area contributed by atoms with E-state index in [9.17, 15) is 9.90 Å². The van der Waals surface area contributed by atoms with Crippen LogP contribution in [0, 0.1) is 0 Å². The van der Waals surface area contributed by atoms with Crippen LogP contribution in [0.1, 0.15) is 66.1 Å². The van der Waals surface area contributed by atoms with Gasteiger partial charge in [-0.25, -0.2) is 0 Å². The Balaban J connectivity index is 1.36. The van der Waals surface area contributed by atoms with Crippen LogP contribution in [0.25, 0.3) is 0 Å². The predicted octanol–water partition coefficient (Wildman–Crippen LogP) is 4.58. The average Bonchev–Trinajstić information content (AvgIpc) is 3.55. The summed E-state index contributed by atoms with van der Waals surface area (Å²) in [5, 5.41) is 10.3. The van der Waals surface area contributed by atoms with Crippen molar-refractivity contribution in [1.29, 1.82) is 0 Å². The van der Waals surface area contributed by atoms with Crippen molar-refractivity contribution in [2.45, 2.75) is 68.7 Å². The van der Waals surface area contributed by atoms with Crippen molar-refractivity contribution in [2.24, 2.45) is 0 Å². The molecule has 0 spiro atoms. The molecule has 4 aliphatic rings. The lowest BCUT2D eigenvalue weighted by Gasteiger charge is -2.50. The molecule has 4 saturated heterocycles. The molecule has 5 heteroatoms. The highest BCUT2D eigenvalue weighted by molar-refractivity contribution is 5.94. The summed E-state index contributed by atoms with van der Waals surface area (Å²) in [6.07, 6.45) is 9.22. The van der Waals surface area contributed by atoms with Gasteiger partial charge in [0.25, 0.3) is 5.91 Å². The van der Waals surface area contributed by atoms with Crippen LogP contribution in [0.15, 0.2) is 61.2 Å². The third-order valence-electron chi connectivity index (χ3n) is 8.71. The van der Waals surface area contributed by atoms with Crippen molar-refractivity contribution < 1.29 is 9.90 Å². The molecule has 2 aromatic rings. The monoisotopic (exact) mass is 457 g/mol. The van der Waals surface area contributed by atoms with Gasteiger partial charge < -0.3 is 10.0 Å². The molecule has 5 atom stereocenters. The van der Waals surface area contributed by atoms with Crippen LogP contribution in [0.2, 0.25) is 0 Å². The van der Waals surface area contributed by atoms with Crippen LogP contribution in [-0.4, -0.2) is 69.5 Å². The topological polar surface area (TPSA) is 47.0 Å². The lowest BCUT2D eigenvalue weighted by molar-refractivity contribution is -0.00329. The van der Waals surface area contributed by atoms with E-state index in [1.165, 1.54) is 31.2 Å². The number of aromatic hydroxyl groups is 1. The molecular weight excluding hydrogens is 422 g/mol. The number of hydrogen-bond donors (Lipinski definition) is 1. The van der Waals surface area contributed by atoms with Crippen LogP contribution >= 0.6 is 0 Å². The molecule has 4 aliphatic heterocycles. The third kappa shape index (κ3) is 3.57. The van der Waals surface area contributed by atoms with Crippen LogP contribution in [0.4, 0.5) is 0 Å². The number of carbonyl (C=O) groups excluding carboxylic acids is 1. The van der Waals surface area contributed by atoms with Crippen molar-refractivity contribution in [2.75, 3.05) is 19.6 Å². The second-order valence-corrected chi connectivity index (χ2v) is 10.5. The van der Waals surface area contributed by atoms with Gasteiger partial charge >= 0.3 is 0 Å². The Morgan fingerprint density at radius 2 is 1.59 bits per heavy atom. The van der Waals surface area contributed by atoms with Gasteiger partial charge in [0.15, 0.2) is 0 Å². The fourth-order valence-electron chi connectivity index (χ4n) is 7.36. The number of phenols is 1. The molecule has 5 nitrogen and oxygen atoms in total. The van der Waals surface area contributed by atoms with Crippen molar-refractivity contribution in [1.82, 2.24) is 14.7 Å². The number of amides is 1. The molecule has 0 saturated carbocycles. The largest absolute Gasteiger partial charge is 0.508 e. The first-order valence-corrected chi connectivity index (χ1v) is 13.0. The third-order valence-corrected chi connectivity index (χ3v) is 8.71. The number of fused-ring (bicyclic) bond motifs is 6. The minimum absolute atomic E-state index is 0.0783. The summed E-state index contributed by atoms with van der Waals surface area (Å²) in [5.74, 6) is 0.457. The Kier molecular flexibility index (Phi) is 5.70. The second-order valence-electron chi connectivity index (χ2n) is 10.5. The number of carbonyl (C=O) groups is 1. The number of hydrogen-bond acceptors (Lipinski definition) is 4. The first-order valence-electron chi connectivity index (χ1n) is 13.0. The van der Waals surface area contributed by atoms with E-state index < -0.39 is 0 Å². The van der Waals surface area contributed by atoms with Gasteiger partial charge in [0, 0.05) is 49.4 Å². The molecule has 4 bridgehead atoms. The normalized spacial score (nSPS) is 29.5. The van der Waals surface area contributed by atoms with Gasteiger partial charge in [-0.05, 0) is 73.9 Å². The molecule has 1 amide bonds. The van der Waals surface area contributed by atoms with Crippen LogP contribution < -0.4 is 0 Å². The van der Waals surface area contributed by atoms with Crippen LogP contribution in [-0.2, 0) is 0 Å². The van der Waals surface area contributed by atoms with Crippen molar-refractivity contribution in [3.63, 3.8) is 0 Å². The molecule has 5 unspecified atom stereocenters. The Bertz CT molecular complexity index is 1040. The summed E-state index contributed by atoms with van der Waals surface area (Å²) in [6, 6.07) is 18.3. The van der Waals surface area contributed by atoms with Gasteiger partial charge in [-0.15, -0.1) is 6.58 Å². The SMILES string of the molecule is C=CCN1C2CCC1C1CCC2N1C(c1ccc(C(=O)N2CCCC2)cc1)c1cccc(O)c1. The molecule has 2 aromatic carbocycles. The highest BCUT2D eigenvalue weighted by atomic mass is 16.3. The van der Waals surface area contributed by atoms with E-state index in [1.807, 2.05) is 29.2 Å². The quantitative estimate of drug-likeness (QED) is 0.645. The zero-order valence-corrected chi connectivity index (χ0v) is 19.9. The maximum Gasteiger partial charge on any atom is 0.253 e. The molecule has 0 aromatic heterocycles. The first kappa shape index (κ1) is 21.9. The fourth-order valence-corrected chi connectivity index (χ4v) is 7.36. The molecule has 34 heavy (non-hydrogen) atoms. The number of nitrogens with zero attached hydrogens (tertiary/aromatic N) is 3. The lowest BCUT2D eigenvalue weighted by atomic mass is 9.91. The molecule has 1 N–H and O–H groups in total. The predicted molar refractivity (Wildman–Crippen MR) is 134 cm³/mol. The van der Waals surface area contributed by atoms with E-state index in [-0.39, 0.29) is 11.9 Å². The van der Waals surface area contributed by atoms with E-state index >= 15 is 0 Å². The van der Waals surface area contributed by atoms with Gasteiger partial charge in [-0.3, -0.25) is 14.6 Å². The summed E-state index contributed by atoms with van der Waals surface area (Å²) < 4.78 is 0. The smallest absolute Gasteiger partial charge is 0.253 e. The van der Waals surface area contributed by atoms with E-state index in [0.29, 0.717) is 29.9 Å². The highest BCUT2D eigenvalue weighted by Gasteiger charge is 2.56. The van der Waals surface area contributed by atoms with Gasteiger partial charge in [0.2, 0.25) is 0 Å². The summed E-state index contributed by atoms with van der Waals surface area (Å²) in [7, 11) is 0. The van der Waals surface area contributed by atoms with Crippen molar-refractivity contribution in [3.05, 3.63) is 77.9 Å². The highest BCUT2D eigenvalue weighted by Crippen LogP contribution is 2.50. The first-order chi connectivity index (χ1) is 16.7. The van der Waals surface area contributed by atoms with Gasteiger partial charge in [-0.1, -0.05) is 30.3 Å². The van der Waals surface area contributed by atoms with E-state index in [0.717, 1.165) is 43.6 Å². The number of piperazine rings is 1. The maximum atomic E-state index is 12.9. The molecule has 4 fully saturated rings. The minimum Gasteiger partial charge on any atom is -0.508 e. The molecule has 178 valence electrons. The zero-order chi connectivity index (χ0) is 23.2. The molecule has 0 aliphatic carbocycles. The maximum absolute atomic E-state index is 12.9. The van der Waals surface area contributed by atoms with Crippen LogP contribution in [0.3, 0.4) is 0 Å². The van der Waals surface area contributed by atoms with Crippen molar-refractivity contribution >= 4 is 5.91 Å². The summed E-state index contributed by atoms with van der Waals surface area (Å²) in [5.41, 5.74) is 3.11. The number of phenolic OH excluding ortho intramolecular Hbond substituents is 1. The Hall–Kier alpha value is -2.63. The fraction of sp³-hybridized carbons (Fsp3) is 0.483. The van der Waals surface area contributed by atoms with Gasteiger partial charge in [-0.2, -0.15) is 0 Å². The summed E-state index contributed by atoms with van der Waals surface area (Å²) >= 11 is 0. The number of benzene rings is 2. The standard InChI is InChI=1S/C29H35N3O2/c1-2-16-31-24-12-13-25(31)27-15-14-26(24)32(27)28(22-6-5-7-23(33)19-22)20-8-10-21(11-9-20)29(34)30-17-3-4-18-30/h2,5-11,19,24-28,33H,1,3-4,12-18H2. The van der Waals surface area contributed by atoms with Gasteiger partial charge in [0.1, 0.15) is 5.75 Å². The van der Waals surface area contributed by atoms with Crippen molar-refractivity contribution in [3.8, 4) is 5.75 Å². The van der Waals surface area contributed by atoms with Gasteiger partial charge in [0.05, 0.1) is 6.04 Å². The Labute approximate surface area is 202 Å². The molecular formula is C29H35N3O2. The summed E-state index contributed by atoms with van der Waals surface area (Å²) in [6.45, 7) is 6.73. The lowest BCUT2D eigenvalue weighted by Crippen LogP contribution is -2.60. The van der Waals surface area contributed by atoms with E-state index in [1.54, 1.807) is 6.07 Å². The molecule has 6 rings (SSSR count). The van der Waals surface area contributed by atoms with E-state index in [4.69, 9.17) is 0 Å².